The average molecular weight is 359 g/mol. The Hall–Kier alpha value is -1.14. The molecule has 1 rings (SSSR count). The third-order valence-corrected chi connectivity index (χ3v) is 3.06. The van der Waals surface area contributed by atoms with Crippen molar-refractivity contribution in [3.05, 3.63) is 28.2 Å². The van der Waals surface area contributed by atoms with E-state index in [0.29, 0.717) is 35.5 Å². The van der Waals surface area contributed by atoms with Crippen LogP contribution in [0.2, 0.25) is 0 Å². The Morgan fingerprint density at radius 2 is 2.15 bits per heavy atom. The van der Waals surface area contributed by atoms with Crippen LogP contribution in [0.5, 0.6) is 5.75 Å². The molecule has 0 aliphatic rings. The Morgan fingerprint density at radius 3 is 2.75 bits per heavy atom. The second kappa shape index (κ2) is 8.21. The molecule has 1 amide bonds. The van der Waals surface area contributed by atoms with Crippen LogP contribution in [0.25, 0.3) is 0 Å². The van der Waals surface area contributed by atoms with Crippen molar-refractivity contribution in [3.8, 4) is 5.75 Å². The average Bonchev–Trinajstić information content (AvgIpc) is 2.37. The summed E-state index contributed by atoms with van der Waals surface area (Å²) >= 11 is 8.37. The van der Waals surface area contributed by atoms with Gasteiger partial charge in [0, 0.05) is 11.0 Å². The largest absolute Gasteiger partial charge is 0.492 e. The quantitative estimate of drug-likeness (QED) is 0.794. The highest BCUT2D eigenvalue weighted by molar-refractivity contribution is 9.10. The van der Waals surface area contributed by atoms with Gasteiger partial charge in [0.15, 0.2) is 5.11 Å². The van der Waals surface area contributed by atoms with Crippen LogP contribution in [0.4, 0.5) is 0 Å². The van der Waals surface area contributed by atoms with Gasteiger partial charge in [0.2, 0.25) is 0 Å². The third kappa shape index (κ3) is 5.46. The molecule has 0 atom stereocenters. The van der Waals surface area contributed by atoms with Gasteiger partial charge in [-0.25, -0.2) is 0 Å². The molecule has 110 valence electrons. The van der Waals surface area contributed by atoms with Crippen molar-refractivity contribution >= 4 is 39.2 Å². The van der Waals surface area contributed by atoms with Crippen LogP contribution in [0.1, 0.15) is 31.1 Å². The topological polar surface area (TPSA) is 50.4 Å². The van der Waals surface area contributed by atoms with Crippen LogP contribution in [0.15, 0.2) is 22.7 Å². The zero-order valence-corrected chi connectivity index (χ0v) is 14.2. The van der Waals surface area contributed by atoms with Gasteiger partial charge in [-0.3, -0.25) is 10.1 Å². The number of ether oxygens (including phenoxy) is 1. The molecule has 0 aromatic heterocycles. The monoisotopic (exact) mass is 358 g/mol. The van der Waals surface area contributed by atoms with Gasteiger partial charge in [-0.05, 0) is 43.3 Å². The number of halogens is 1. The summed E-state index contributed by atoms with van der Waals surface area (Å²) in [6, 6.07) is 5.34. The Labute approximate surface area is 133 Å². The maximum absolute atomic E-state index is 12.2. The highest BCUT2D eigenvalue weighted by atomic mass is 79.9. The molecule has 0 heterocycles. The molecule has 0 radical (unpaired) electrons. The highest BCUT2D eigenvalue weighted by Gasteiger charge is 2.14. The summed E-state index contributed by atoms with van der Waals surface area (Å²) in [7, 11) is 0. The number of hydrogen-bond acceptors (Lipinski definition) is 3. The van der Waals surface area contributed by atoms with E-state index in [0.717, 1.165) is 4.47 Å². The molecule has 6 heteroatoms. The van der Waals surface area contributed by atoms with Crippen molar-refractivity contribution in [3.63, 3.8) is 0 Å². The Kier molecular flexibility index (Phi) is 6.95. The second-order valence-electron chi connectivity index (χ2n) is 4.66. The van der Waals surface area contributed by atoms with Gasteiger partial charge in [0.25, 0.3) is 5.91 Å². The van der Waals surface area contributed by atoms with E-state index < -0.39 is 0 Å². The summed E-state index contributed by atoms with van der Waals surface area (Å²) < 4.78 is 6.48. The molecule has 0 aliphatic carbocycles. The zero-order valence-electron chi connectivity index (χ0n) is 11.8. The van der Waals surface area contributed by atoms with E-state index in [1.165, 1.54) is 0 Å². The first-order valence-electron chi connectivity index (χ1n) is 6.45. The highest BCUT2D eigenvalue weighted by Crippen LogP contribution is 2.23. The van der Waals surface area contributed by atoms with Crippen LogP contribution in [-0.2, 0) is 0 Å². The smallest absolute Gasteiger partial charge is 0.261 e. The third-order valence-electron chi connectivity index (χ3n) is 2.32. The Balaban J connectivity index is 2.87. The number of carbonyl (C=O) groups is 1. The molecule has 4 nitrogen and oxygen atoms in total. The summed E-state index contributed by atoms with van der Waals surface area (Å²) in [5.74, 6) is 0.659. The number of nitrogens with one attached hydrogen (secondary N) is 2. The standard InChI is InChI=1S/C14H19BrN2O2S/c1-4-16-14(20)17-13(18)11-7-10(15)5-6-12(11)19-8-9(2)3/h5-7,9H,4,8H2,1-3H3,(H2,16,17,18,20). The molecule has 0 saturated carbocycles. The van der Waals surface area contributed by atoms with E-state index in [1.807, 2.05) is 13.0 Å². The summed E-state index contributed by atoms with van der Waals surface area (Å²) in [5, 5.41) is 5.82. The SMILES string of the molecule is CCNC(=S)NC(=O)c1cc(Br)ccc1OCC(C)C. The molecule has 0 unspecified atom stereocenters. The summed E-state index contributed by atoms with van der Waals surface area (Å²) in [4.78, 5) is 12.2. The first-order chi connectivity index (χ1) is 9.43. The molecule has 2 N–H and O–H groups in total. The van der Waals surface area contributed by atoms with E-state index in [9.17, 15) is 4.79 Å². The van der Waals surface area contributed by atoms with Crippen molar-refractivity contribution in [1.82, 2.24) is 10.6 Å². The van der Waals surface area contributed by atoms with Gasteiger partial charge in [-0.1, -0.05) is 29.8 Å². The minimum atomic E-state index is -0.281. The van der Waals surface area contributed by atoms with E-state index in [1.54, 1.807) is 12.1 Å². The van der Waals surface area contributed by atoms with Crippen molar-refractivity contribution in [2.45, 2.75) is 20.8 Å². The number of thiocarbonyl (C=S) groups is 1. The van der Waals surface area contributed by atoms with Gasteiger partial charge in [0.05, 0.1) is 12.2 Å². The first kappa shape index (κ1) is 16.9. The Bertz CT molecular complexity index is 492. The number of benzene rings is 1. The number of carbonyl (C=O) groups excluding carboxylic acids is 1. The van der Waals surface area contributed by atoms with Gasteiger partial charge >= 0.3 is 0 Å². The maximum atomic E-state index is 12.2. The molecule has 0 saturated heterocycles. The first-order valence-corrected chi connectivity index (χ1v) is 7.65. The van der Waals surface area contributed by atoms with E-state index in [4.69, 9.17) is 17.0 Å². The van der Waals surface area contributed by atoms with Gasteiger partial charge in [-0.2, -0.15) is 0 Å². The molecular weight excluding hydrogens is 340 g/mol. The van der Waals surface area contributed by atoms with Gasteiger partial charge in [-0.15, -0.1) is 0 Å². The molecule has 20 heavy (non-hydrogen) atoms. The fourth-order valence-electron chi connectivity index (χ4n) is 1.44. The van der Waals surface area contributed by atoms with E-state index in [2.05, 4.69) is 40.4 Å². The van der Waals surface area contributed by atoms with Crippen LogP contribution < -0.4 is 15.4 Å². The van der Waals surface area contributed by atoms with Crippen LogP contribution >= 0.6 is 28.1 Å². The number of amides is 1. The molecule has 0 bridgehead atoms. The summed E-state index contributed by atoms with van der Waals surface area (Å²) in [6.07, 6.45) is 0. The second-order valence-corrected chi connectivity index (χ2v) is 5.98. The van der Waals surface area contributed by atoms with E-state index in [-0.39, 0.29) is 5.91 Å². The predicted molar refractivity (Wildman–Crippen MR) is 88.2 cm³/mol. The Morgan fingerprint density at radius 1 is 1.45 bits per heavy atom. The summed E-state index contributed by atoms with van der Waals surface area (Å²) in [5.41, 5.74) is 0.459. The van der Waals surface area contributed by atoms with Crippen molar-refractivity contribution in [1.29, 1.82) is 0 Å². The van der Waals surface area contributed by atoms with Crippen molar-refractivity contribution in [2.75, 3.05) is 13.2 Å². The summed E-state index contributed by atoms with van der Waals surface area (Å²) in [6.45, 7) is 7.24. The molecule has 0 fully saturated rings. The molecule has 1 aromatic rings. The lowest BCUT2D eigenvalue weighted by atomic mass is 10.2. The molecular formula is C14H19BrN2O2S. The fraction of sp³-hybridized carbons (Fsp3) is 0.429. The minimum absolute atomic E-state index is 0.281. The van der Waals surface area contributed by atoms with Crippen LogP contribution in [-0.4, -0.2) is 24.2 Å². The fourth-order valence-corrected chi connectivity index (χ4v) is 2.04. The van der Waals surface area contributed by atoms with Crippen molar-refractivity contribution < 1.29 is 9.53 Å². The van der Waals surface area contributed by atoms with Crippen LogP contribution in [0, 0.1) is 5.92 Å². The minimum Gasteiger partial charge on any atom is -0.492 e. The predicted octanol–water partition coefficient (Wildman–Crippen LogP) is 3.11. The normalized spacial score (nSPS) is 10.2. The van der Waals surface area contributed by atoms with Crippen LogP contribution in [0.3, 0.4) is 0 Å². The molecule has 0 spiro atoms. The lowest BCUT2D eigenvalue weighted by molar-refractivity contribution is 0.0972. The number of rotatable bonds is 5. The maximum Gasteiger partial charge on any atom is 0.261 e. The van der Waals surface area contributed by atoms with Crippen molar-refractivity contribution in [2.24, 2.45) is 5.92 Å². The lowest BCUT2D eigenvalue weighted by Gasteiger charge is -2.14. The molecule has 0 aliphatic heterocycles. The van der Waals surface area contributed by atoms with E-state index >= 15 is 0 Å². The zero-order chi connectivity index (χ0) is 15.1. The molecule has 1 aromatic carbocycles. The number of hydrogen-bond donors (Lipinski definition) is 2. The lowest BCUT2D eigenvalue weighted by Crippen LogP contribution is -2.39. The van der Waals surface area contributed by atoms with Gasteiger partial charge in [0.1, 0.15) is 5.75 Å². The van der Waals surface area contributed by atoms with Gasteiger partial charge < -0.3 is 10.1 Å².